The number of nitrogens with zero attached hydrogens (tertiary/aromatic N) is 5. The minimum Gasteiger partial charge on any atom is -0.497 e. The molecule has 0 saturated carbocycles. The third-order valence-electron chi connectivity index (χ3n) is 4.45. The summed E-state index contributed by atoms with van der Waals surface area (Å²) in [6.07, 6.45) is 1.82. The fraction of sp³-hybridized carbons (Fsp3) is 0.316. The van der Waals surface area contributed by atoms with Crippen molar-refractivity contribution in [1.29, 1.82) is 0 Å². The highest BCUT2D eigenvalue weighted by Gasteiger charge is 2.20. The Kier molecular flexibility index (Phi) is 5.74. The van der Waals surface area contributed by atoms with Gasteiger partial charge in [-0.25, -0.2) is 0 Å². The SMILES string of the molecule is COc1ccc(N2CCN(c3nnc(SCc4ccccn4)s3)CC2)cc1. The van der Waals surface area contributed by atoms with Crippen molar-refractivity contribution in [3.8, 4) is 5.75 Å². The van der Waals surface area contributed by atoms with Gasteiger partial charge < -0.3 is 14.5 Å². The predicted molar refractivity (Wildman–Crippen MR) is 111 cm³/mol. The number of thioether (sulfide) groups is 1. The molecule has 1 aliphatic heterocycles. The molecule has 0 spiro atoms. The second kappa shape index (κ2) is 8.58. The first-order valence-electron chi connectivity index (χ1n) is 8.82. The van der Waals surface area contributed by atoms with Crippen molar-refractivity contribution < 1.29 is 4.74 Å². The lowest BCUT2D eigenvalue weighted by Gasteiger charge is -2.35. The van der Waals surface area contributed by atoms with Crippen molar-refractivity contribution in [2.45, 2.75) is 10.1 Å². The first kappa shape index (κ1) is 18.1. The van der Waals surface area contributed by atoms with E-state index in [9.17, 15) is 0 Å². The maximum atomic E-state index is 5.24. The van der Waals surface area contributed by atoms with Gasteiger partial charge in [-0.2, -0.15) is 0 Å². The zero-order chi connectivity index (χ0) is 18.5. The first-order valence-corrected chi connectivity index (χ1v) is 10.6. The van der Waals surface area contributed by atoms with Crippen molar-refractivity contribution in [2.24, 2.45) is 0 Å². The molecule has 1 aromatic carbocycles. The van der Waals surface area contributed by atoms with Crippen LogP contribution >= 0.6 is 23.1 Å². The summed E-state index contributed by atoms with van der Waals surface area (Å²) in [6.45, 7) is 3.85. The van der Waals surface area contributed by atoms with E-state index in [1.165, 1.54) is 5.69 Å². The molecule has 27 heavy (non-hydrogen) atoms. The van der Waals surface area contributed by atoms with E-state index < -0.39 is 0 Å². The van der Waals surface area contributed by atoms with Crippen LogP contribution in [0.3, 0.4) is 0 Å². The zero-order valence-corrected chi connectivity index (χ0v) is 16.7. The molecule has 1 saturated heterocycles. The fourth-order valence-corrected chi connectivity index (χ4v) is 4.76. The van der Waals surface area contributed by atoms with E-state index in [0.717, 1.165) is 52.8 Å². The fourth-order valence-electron chi connectivity index (χ4n) is 2.96. The van der Waals surface area contributed by atoms with Gasteiger partial charge in [0.1, 0.15) is 5.75 Å². The topological polar surface area (TPSA) is 54.4 Å². The molecule has 4 rings (SSSR count). The molecule has 8 heteroatoms. The van der Waals surface area contributed by atoms with Crippen LogP contribution in [0.5, 0.6) is 5.75 Å². The average Bonchev–Trinajstić information content (AvgIpc) is 3.22. The molecule has 0 aliphatic carbocycles. The lowest BCUT2D eigenvalue weighted by atomic mass is 10.2. The summed E-state index contributed by atoms with van der Waals surface area (Å²) in [5.41, 5.74) is 2.30. The van der Waals surface area contributed by atoms with Crippen molar-refractivity contribution in [3.05, 3.63) is 54.4 Å². The van der Waals surface area contributed by atoms with Crippen LogP contribution < -0.4 is 14.5 Å². The molecule has 0 radical (unpaired) electrons. The van der Waals surface area contributed by atoms with E-state index in [4.69, 9.17) is 4.74 Å². The van der Waals surface area contributed by atoms with Gasteiger partial charge in [0.05, 0.1) is 12.8 Å². The van der Waals surface area contributed by atoms with E-state index in [1.54, 1.807) is 30.2 Å². The number of ether oxygens (including phenoxy) is 1. The zero-order valence-electron chi connectivity index (χ0n) is 15.1. The Labute approximate surface area is 167 Å². The van der Waals surface area contributed by atoms with Gasteiger partial charge in [-0.1, -0.05) is 29.2 Å². The maximum absolute atomic E-state index is 5.24. The van der Waals surface area contributed by atoms with Crippen molar-refractivity contribution in [2.75, 3.05) is 43.1 Å². The van der Waals surface area contributed by atoms with E-state index >= 15 is 0 Å². The maximum Gasteiger partial charge on any atom is 0.209 e. The molecular weight excluding hydrogens is 378 g/mol. The number of benzene rings is 1. The Bertz CT molecular complexity index is 848. The molecule has 0 amide bonds. The van der Waals surface area contributed by atoms with Crippen LogP contribution in [0.2, 0.25) is 0 Å². The number of methoxy groups -OCH3 is 1. The molecule has 140 valence electrons. The normalized spacial score (nSPS) is 14.4. The summed E-state index contributed by atoms with van der Waals surface area (Å²) >= 11 is 3.36. The summed E-state index contributed by atoms with van der Waals surface area (Å²) in [7, 11) is 1.69. The van der Waals surface area contributed by atoms with Crippen LogP contribution in [0.25, 0.3) is 0 Å². The van der Waals surface area contributed by atoms with Gasteiger partial charge in [0.2, 0.25) is 5.13 Å². The molecule has 0 bridgehead atoms. The number of rotatable bonds is 6. The Morgan fingerprint density at radius 1 is 1.00 bits per heavy atom. The highest BCUT2D eigenvalue weighted by Crippen LogP contribution is 2.31. The van der Waals surface area contributed by atoms with Crippen LogP contribution in [-0.4, -0.2) is 48.5 Å². The Hall–Kier alpha value is -2.32. The molecule has 0 atom stereocenters. The number of piperazine rings is 1. The average molecular weight is 400 g/mol. The molecule has 1 fully saturated rings. The van der Waals surface area contributed by atoms with Crippen LogP contribution in [0.1, 0.15) is 5.69 Å². The first-order chi connectivity index (χ1) is 13.3. The van der Waals surface area contributed by atoms with Crippen LogP contribution in [0, 0.1) is 0 Å². The Morgan fingerprint density at radius 3 is 2.48 bits per heavy atom. The van der Waals surface area contributed by atoms with Crippen LogP contribution in [0.4, 0.5) is 10.8 Å². The van der Waals surface area contributed by atoms with E-state index in [0.29, 0.717) is 0 Å². The van der Waals surface area contributed by atoms with Gasteiger partial charge in [-0.15, -0.1) is 10.2 Å². The number of anilines is 2. The molecule has 1 aliphatic rings. The third kappa shape index (κ3) is 4.51. The smallest absolute Gasteiger partial charge is 0.209 e. The monoisotopic (exact) mass is 399 g/mol. The van der Waals surface area contributed by atoms with Crippen molar-refractivity contribution in [3.63, 3.8) is 0 Å². The van der Waals surface area contributed by atoms with Gasteiger partial charge >= 0.3 is 0 Å². The number of hydrogen-bond donors (Lipinski definition) is 0. The number of pyridine rings is 1. The summed E-state index contributed by atoms with van der Waals surface area (Å²) < 4.78 is 6.23. The summed E-state index contributed by atoms with van der Waals surface area (Å²) in [5.74, 6) is 1.71. The molecule has 0 N–H and O–H groups in total. The Balaban J connectivity index is 1.31. The predicted octanol–water partition coefficient (Wildman–Crippen LogP) is 3.56. The highest BCUT2D eigenvalue weighted by molar-refractivity contribution is 8.00. The number of hydrogen-bond acceptors (Lipinski definition) is 8. The quantitative estimate of drug-likeness (QED) is 0.588. The summed E-state index contributed by atoms with van der Waals surface area (Å²) in [6, 6.07) is 14.2. The van der Waals surface area contributed by atoms with Gasteiger partial charge in [0, 0.05) is 43.8 Å². The molecule has 3 aromatic rings. The lowest BCUT2D eigenvalue weighted by Crippen LogP contribution is -2.46. The summed E-state index contributed by atoms with van der Waals surface area (Å²) in [4.78, 5) is 9.07. The second-order valence-electron chi connectivity index (χ2n) is 6.13. The van der Waals surface area contributed by atoms with Gasteiger partial charge in [0.15, 0.2) is 4.34 Å². The highest BCUT2D eigenvalue weighted by atomic mass is 32.2. The minimum atomic E-state index is 0.820. The van der Waals surface area contributed by atoms with E-state index in [1.807, 2.05) is 36.5 Å². The molecular formula is C19H21N5OS2. The van der Waals surface area contributed by atoms with Crippen molar-refractivity contribution >= 4 is 33.9 Å². The van der Waals surface area contributed by atoms with Gasteiger partial charge in [-0.3, -0.25) is 4.98 Å². The molecule has 2 aromatic heterocycles. The lowest BCUT2D eigenvalue weighted by molar-refractivity contribution is 0.415. The standard InChI is InChI=1S/C19H21N5OS2/c1-25-17-7-5-16(6-8-17)23-10-12-24(13-11-23)18-21-22-19(27-18)26-14-15-4-2-3-9-20-15/h2-9H,10-14H2,1H3. The van der Waals surface area contributed by atoms with E-state index in [2.05, 4.69) is 37.1 Å². The van der Waals surface area contributed by atoms with Gasteiger partial charge in [0.25, 0.3) is 0 Å². The molecule has 6 nitrogen and oxygen atoms in total. The Morgan fingerprint density at radius 2 is 1.78 bits per heavy atom. The van der Waals surface area contributed by atoms with Crippen LogP contribution in [-0.2, 0) is 5.75 Å². The third-order valence-corrected chi connectivity index (χ3v) is 6.60. The van der Waals surface area contributed by atoms with E-state index in [-0.39, 0.29) is 0 Å². The second-order valence-corrected chi connectivity index (χ2v) is 8.31. The summed E-state index contributed by atoms with van der Waals surface area (Å²) in [5, 5.41) is 9.74. The molecule has 3 heterocycles. The van der Waals surface area contributed by atoms with Crippen LogP contribution in [0.15, 0.2) is 53.0 Å². The largest absolute Gasteiger partial charge is 0.497 e. The minimum absolute atomic E-state index is 0.820. The van der Waals surface area contributed by atoms with Crippen molar-refractivity contribution in [1.82, 2.24) is 15.2 Å². The number of aromatic nitrogens is 3. The molecule has 0 unspecified atom stereocenters. The van der Waals surface area contributed by atoms with Gasteiger partial charge in [-0.05, 0) is 36.4 Å².